The molecule has 0 bridgehead atoms. The van der Waals surface area contributed by atoms with Crippen molar-refractivity contribution in [3.8, 4) is 0 Å². The van der Waals surface area contributed by atoms with Crippen LogP contribution in [0.15, 0.2) is 6.20 Å². The van der Waals surface area contributed by atoms with E-state index in [1.54, 1.807) is 6.20 Å². The molecule has 0 spiro atoms. The molecule has 0 aromatic carbocycles. The van der Waals surface area contributed by atoms with E-state index in [-0.39, 0.29) is 5.91 Å². The molecule has 1 aromatic rings. The Hall–Kier alpha value is -1.01. The first-order valence-electron chi connectivity index (χ1n) is 6.06. The Kier molecular flexibility index (Phi) is 4.06. The lowest BCUT2D eigenvalue weighted by molar-refractivity contribution is 0.0645. The maximum Gasteiger partial charge on any atom is 0.267 e. The molecule has 6 heteroatoms. The third kappa shape index (κ3) is 2.81. The standard InChI is InChI=1S/C11H18N4OS/c1-2-15(9-5-3-8(12)4-6-9)11(16)10-7-13-14-17-10/h7-9H,2-6,12H2,1H3. The van der Waals surface area contributed by atoms with Gasteiger partial charge < -0.3 is 10.6 Å². The molecule has 1 aliphatic rings. The lowest BCUT2D eigenvalue weighted by atomic mass is 9.90. The molecule has 0 atom stereocenters. The molecule has 5 nitrogen and oxygen atoms in total. The van der Waals surface area contributed by atoms with E-state index >= 15 is 0 Å². The average Bonchev–Trinajstić information content (AvgIpc) is 2.86. The number of carbonyl (C=O) groups excluding carboxylic acids is 1. The van der Waals surface area contributed by atoms with E-state index in [4.69, 9.17) is 5.73 Å². The van der Waals surface area contributed by atoms with Gasteiger partial charge in [-0.1, -0.05) is 4.49 Å². The second kappa shape index (κ2) is 5.55. The van der Waals surface area contributed by atoms with Gasteiger partial charge in [-0.05, 0) is 44.1 Å². The van der Waals surface area contributed by atoms with Gasteiger partial charge in [0.25, 0.3) is 5.91 Å². The van der Waals surface area contributed by atoms with Gasteiger partial charge in [-0.25, -0.2) is 0 Å². The zero-order valence-electron chi connectivity index (χ0n) is 10.0. The highest BCUT2D eigenvalue weighted by Crippen LogP contribution is 2.23. The minimum atomic E-state index is 0.0583. The van der Waals surface area contributed by atoms with Crippen LogP contribution in [0.1, 0.15) is 42.3 Å². The van der Waals surface area contributed by atoms with Gasteiger partial charge in [-0.15, -0.1) is 5.10 Å². The van der Waals surface area contributed by atoms with Crippen LogP contribution in [0.25, 0.3) is 0 Å². The first kappa shape index (κ1) is 12.4. The molecule has 1 saturated carbocycles. The summed E-state index contributed by atoms with van der Waals surface area (Å²) in [5.41, 5.74) is 5.89. The molecule has 1 fully saturated rings. The summed E-state index contributed by atoms with van der Waals surface area (Å²) in [5.74, 6) is 0.0583. The van der Waals surface area contributed by atoms with Crippen molar-refractivity contribution in [3.05, 3.63) is 11.1 Å². The fourth-order valence-corrected chi connectivity index (χ4v) is 2.86. The van der Waals surface area contributed by atoms with Crippen molar-refractivity contribution in [1.82, 2.24) is 14.5 Å². The molecule has 2 rings (SSSR count). The molecule has 1 aromatic heterocycles. The zero-order chi connectivity index (χ0) is 12.3. The minimum absolute atomic E-state index is 0.0583. The number of rotatable bonds is 3. The van der Waals surface area contributed by atoms with Crippen LogP contribution in [-0.4, -0.2) is 39.0 Å². The van der Waals surface area contributed by atoms with Crippen LogP contribution in [-0.2, 0) is 0 Å². The van der Waals surface area contributed by atoms with Crippen molar-refractivity contribution in [2.75, 3.05) is 6.54 Å². The van der Waals surface area contributed by atoms with Gasteiger partial charge in [0.05, 0.1) is 6.20 Å². The second-order valence-electron chi connectivity index (χ2n) is 4.44. The molecule has 94 valence electrons. The molecular weight excluding hydrogens is 236 g/mol. The lowest BCUT2D eigenvalue weighted by Gasteiger charge is -2.35. The summed E-state index contributed by atoms with van der Waals surface area (Å²) in [6, 6.07) is 0.638. The van der Waals surface area contributed by atoms with E-state index in [9.17, 15) is 4.79 Å². The van der Waals surface area contributed by atoms with E-state index in [0.717, 1.165) is 43.8 Å². The molecule has 1 amide bonds. The molecule has 1 heterocycles. The van der Waals surface area contributed by atoms with E-state index < -0.39 is 0 Å². The number of nitrogens with zero attached hydrogens (tertiary/aromatic N) is 3. The van der Waals surface area contributed by atoms with Crippen LogP contribution in [0.2, 0.25) is 0 Å². The molecule has 0 saturated heterocycles. The molecule has 1 aliphatic carbocycles. The monoisotopic (exact) mass is 254 g/mol. The Morgan fingerprint density at radius 1 is 1.53 bits per heavy atom. The summed E-state index contributed by atoms with van der Waals surface area (Å²) in [5, 5.41) is 3.72. The van der Waals surface area contributed by atoms with E-state index in [1.165, 1.54) is 0 Å². The van der Waals surface area contributed by atoms with Crippen LogP contribution in [0.3, 0.4) is 0 Å². The predicted molar refractivity (Wildman–Crippen MR) is 66.9 cm³/mol. The molecule has 0 aliphatic heterocycles. The quantitative estimate of drug-likeness (QED) is 0.881. The van der Waals surface area contributed by atoms with Crippen molar-refractivity contribution in [2.45, 2.75) is 44.7 Å². The smallest absolute Gasteiger partial charge is 0.267 e. The highest BCUT2D eigenvalue weighted by Gasteiger charge is 2.28. The number of nitrogens with two attached hydrogens (primary N) is 1. The fourth-order valence-electron chi connectivity index (χ4n) is 2.38. The number of amides is 1. The summed E-state index contributed by atoms with van der Waals surface area (Å²) in [4.78, 5) is 14.8. The van der Waals surface area contributed by atoms with Crippen molar-refractivity contribution >= 4 is 17.4 Å². The van der Waals surface area contributed by atoms with E-state index in [2.05, 4.69) is 9.59 Å². The van der Waals surface area contributed by atoms with E-state index in [0.29, 0.717) is 17.0 Å². The van der Waals surface area contributed by atoms with Crippen molar-refractivity contribution in [3.63, 3.8) is 0 Å². The molecule has 0 radical (unpaired) electrons. The number of aromatic nitrogens is 2. The van der Waals surface area contributed by atoms with Crippen LogP contribution in [0, 0.1) is 0 Å². The summed E-state index contributed by atoms with van der Waals surface area (Å²) in [6.07, 6.45) is 5.58. The SMILES string of the molecule is CCN(C(=O)c1cnns1)C1CCC(N)CC1. The summed E-state index contributed by atoms with van der Waals surface area (Å²) in [7, 11) is 0. The van der Waals surface area contributed by atoms with Crippen LogP contribution in [0.4, 0.5) is 0 Å². The Labute approximate surface area is 105 Å². The Balaban J connectivity index is 2.03. The average molecular weight is 254 g/mol. The third-order valence-corrected chi connectivity index (χ3v) is 4.01. The summed E-state index contributed by atoms with van der Waals surface area (Å²) < 4.78 is 3.74. The second-order valence-corrected chi connectivity index (χ2v) is 5.23. The largest absolute Gasteiger partial charge is 0.335 e. The number of hydrogen-bond donors (Lipinski definition) is 1. The Morgan fingerprint density at radius 2 is 2.24 bits per heavy atom. The topological polar surface area (TPSA) is 72.1 Å². The number of hydrogen-bond acceptors (Lipinski definition) is 5. The van der Waals surface area contributed by atoms with Crippen molar-refractivity contribution < 1.29 is 4.79 Å². The van der Waals surface area contributed by atoms with Crippen molar-refractivity contribution in [1.29, 1.82) is 0 Å². The highest BCUT2D eigenvalue weighted by molar-refractivity contribution is 7.07. The van der Waals surface area contributed by atoms with Gasteiger partial charge in [0.15, 0.2) is 0 Å². The molecule has 0 unspecified atom stereocenters. The molecular formula is C11H18N4OS. The maximum absolute atomic E-state index is 12.2. The summed E-state index contributed by atoms with van der Waals surface area (Å²) in [6.45, 7) is 2.75. The molecule has 2 N–H and O–H groups in total. The Morgan fingerprint density at radius 3 is 2.76 bits per heavy atom. The van der Waals surface area contributed by atoms with Gasteiger partial charge in [-0.2, -0.15) is 0 Å². The van der Waals surface area contributed by atoms with E-state index in [1.807, 2.05) is 11.8 Å². The summed E-state index contributed by atoms with van der Waals surface area (Å²) >= 11 is 1.16. The highest BCUT2D eigenvalue weighted by atomic mass is 32.1. The lowest BCUT2D eigenvalue weighted by Crippen LogP contribution is -2.43. The Bertz CT molecular complexity index is 360. The number of carbonyl (C=O) groups is 1. The predicted octanol–water partition coefficient (Wildman–Crippen LogP) is 1.27. The van der Waals surface area contributed by atoms with Crippen LogP contribution < -0.4 is 5.73 Å². The van der Waals surface area contributed by atoms with Crippen molar-refractivity contribution in [2.24, 2.45) is 5.73 Å². The van der Waals surface area contributed by atoms with Gasteiger partial charge in [0, 0.05) is 18.6 Å². The van der Waals surface area contributed by atoms with Crippen LogP contribution >= 0.6 is 11.5 Å². The van der Waals surface area contributed by atoms with Gasteiger partial charge in [-0.3, -0.25) is 4.79 Å². The first-order chi connectivity index (χ1) is 8.22. The van der Waals surface area contributed by atoms with Crippen LogP contribution in [0.5, 0.6) is 0 Å². The molecule has 17 heavy (non-hydrogen) atoms. The fraction of sp³-hybridized carbons (Fsp3) is 0.727. The maximum atomic E-state index is 12.2. The normalized spacial score (nSPS) is 24.6. The zero-order valence-corrected chi connectivity index (χ0v) is 10.8. The van der Waals surface area contributed by atoms with Gasteiger partial charge in [0.1, 0.15) is 4.88 Å². The van der Waals surface area contributed by atoms with Gasteiger partial charge in [0.2, 0.25) is 0 Å². The van der Waals surface area contributed by atoms with Gasteiger partial charge >= 0.3 is 0 Å². The minimum Gasteiger partial charge on any atom is -0.335 e. The first-order valence-corrected chi connectivity index (χ1v) is 6.83. The third-order valence-electron chi connectivity index (χ3n) is 3.36.